The predicted molar refractivity (Wildman–Crippen MR) is 217 cm³/mol. The number of nitrogens with zero attached hydrogens (tertiary/aromatic N) is 2. The topological polar surface area (TPSA) is 183 Å². The van der Waals surface area contributed by atoms with Crippen LogP contribution in [0.25, 0.3) is 0 Å². The molecule has 59 heavy (non-hydrogen) atoms. The van der Waals surface area contributed by atoms with E-state index in [4.69, 9.17) is 28.0 Å². The lowest BCUT2D eigenvalue weighted by Crippen LogP contribution is -2.51. The SMILES string of the molecule is CC(C)CN(C[C@@H](O)[C@H](Cc1ccc(OCP(=O)(OCc2ccccc2)OCc2ccccc2)cc1)NC(=O)O[C@H]1CO[C@H]2OCC[C@H]21)S(=O)(=O)c1ccc(C#N)cc1. The number of ether oxygens (including phenoxy) is 4. The lowest BCUT2D eigenvalue weighted by molar-refractivity contribution is -0.0907. The van der Waals surface area contributed by atoms with E-state index in [9.17, 15) is 28.1 Å². The number of benzene rings is 4. The van der Waals surface area contributed by atoms with Crippen LogP contribution in [-0.4, -0.2) is 81.1 Å². The van der Waals surface area contributed by atoms with Crippen molar-refractivity contribution in [3.63, 3.8) is 0 Å². The molecule has 2 saturated heterocycles. The number of hydrogen-bond donors (Lipinski definition) is 2. The lowest BCUT2D eigenvalue weighted by Gasteiger charge is -2.31. The Balaban J connectivity index is 1.16. The van der Waals surface area contributed by atoms with Crippen LogP contribution >= 0.6 is 7.60 Å². The third kappa shape index (κ3) is 12.5. The summed E-state index contributed by atoms with van der Waals surface area (Å²) in [6.45, 7) is 4.23. The number of amides is 1. The van der Waals surface area contributed by atoms with Gasteiger partial charge in [0.25, 0.3) is 0 Å². The molecule has 2 N–H and O–H groups in total. The number of alkyl carbamates (subject to hydrolysis) is 1. The van der Waals surface area contributed by atoms with Crippen LogP contribution < -0.4 is 10.1 Å². The molecule has 4 aromatic carbocycles. The molecule has 4 aromatic rings. The molecule has 0 unspecified atom stereocenters. The maximum absolute atomic E-state index is 13.9. The van der Waals surface area contributed by atoms with Crippen LogP contribution in [0, 0.1) is 23.2 Å². The van der Waals surface area contributed by atoms with Gasteiger partial charge < -0.3 is 38.4 Å². The van der Waals surface area contributed by atoms with E-state index >= 15 is 0 Å². The molecule has 0 saturated carbocycles. The molecular weight excluding hydrogens is 798 g/mol. The Bertz CT molecular complexity index is 2110. The Labute approximate surface area is 345 Å². The molecule has 0 radical (unpaired) electrons. The minimum atomic E-state index is -4.11. The highest BCUT2D eigenvalue weighted by Crippen LogP contribution is 2.50. The molecule has 5 atom stereocenters. The number of sulfonamides is 1. The summed E-state index contributed by atoms with van der Waals surface area (Å²) in [5.41, 5.74) is 2.62. The number of rotatable bonds is 20. The van der Waals surface area contributed by atoms with Crippen molar-refractivity contribution in [1.29, 1.82) is 5.26 Å². The number of nitrogens with one attached hydrogen (secondary N) is 1. The van der Waals surface area contributed by atoms with Gasteiger partial charge in [0.15, 0.2) is 12.6 Å². The summed E-state index contributed by atoms with van der Waals surface area (Å²) in [5, 5.41) is 23.8. The maximum atomic E-state index is 13.9. The van der Waals surface area contributed by atoms with Crippen molar-refractivity contribution in [3.05, 3.63) is 131 Å². The molecule has 0 spiro atoms. The Morgan fingerprint density at radius 3 is 2.12 bits per heavy atom. The van der Waals surface area contributed by atoms with E-state index in [2.05, 4.69) is 5.32 Å². The number of carbonyl (C=O) groups is 1. The molecule has 2 fully saturated rings. The monoisotopic (exact) mass is 847 g/mol. The van der Waals surface area contributed by atoms with Crippen molar-refractivity contribution in [2.45, 2.75) is 69.3 Å². The maximum Gasteiger partial charge on any atom is 0.407 e. The standard InChI is InChI=1S/C43H50N3O11PS/c1-31(2)25-46(59(50,51)37-19-15-33(24-44)16-20-37)26-40(47)39(45-43(48)57-41-29-53-42-38(41)21-22-52-42)23-32-13-17-36(18-14-32)54-30-58(49,55-27-34-9-5-3-6-10-34)56-28-35-11-7-4-8-12-35/h3-20,31,38-42,47H,21-23,25-30H2,1-2H3,(H,45,48)/t38-,39-,40+,41-,42+/m0/s1. The Kier molecular flexibility index (Phi) is 15.3. The summed E-state index contributed by atoms with van der Waals surface area (Å²) >= 11 is 0. The zero-order chi connectivity index (χ0) is 41.8. The molecule has 1 amide bonds. The van der Waals surface area contributed by atoms with Gasteiger partial charge in [0.05, 0.1) is 61.0 Å². The van der Waals surface area contributed by atoms with Crippen LogP contribution in [0.1, 0.15) is 42.5 Å². The second-order valence-corrected chi connectivity index (χ2v) is 18.8. The lowest BCUT2D eigenvalue weighted by atomic mass is 10.0. The van der Waals surface area contributed by atoms with Crippen molar-refractivity contribution in [2.24, 2.45) is 11.8 Å². The Morgan fingerprint density at radius 2 is 1.53 bits per heavy atom. The van der Waals surface area contributed by atoms with Crippen molar-refractivity contribution in [1.82, 2.24) is 9.62 Å². The second-order valence-electron chi connectivity index (χ2n) is 14.9. The molecule has 2 aliphatic heterocycles. The zero-order valence-electron chi connectivity index (χ0n) is 33.0. The normalized spacial score (nSPS) is 18.9. The first-order valence-electron chi connectivity index (χ1n) is 19.5. The minimum absolute atomic E-state index is 0.0288. The highest BCUT2D eigenvalue weighted by molar-refractivity contribution is 7.89. The molecule has 2 aliphatic rings. The van der Waals surface area contributed by atoms with Crippen molar-refractivity contribution in [2.75, 3.05) is 32.7 Å². The minimum Gasteiger partial charge on any atom is -0.481 e. The van der Waals surface area contributed by atoms with Crippen molar-refractivity contribution in [3.8, 4) is 11.8 Å². The van der Waals surface area contributed by atoms with Gasteiger partial charge >= 0.3 is 13.7 Å². The first-order valence-corrected chi connectivity index (χ1v) is 22.6. The number of carbonyl (C=O) groups excluding carboxylic acids is 1. The number of nitriles is 1. The summed E-state index contributed by atoms with van der Waals surface area (Å²) in [4.78, 5) is 13.4. The highest BCUT2D eigenvalue weighted by Gasteiger charge is 2.44. The smallest absolute Gasteiger partial charge is 0.407 e. The van der Waals surface area contributed by atoms with Gasteiger partial charge in [-0.1, -0.05) is 86.6 Å². The van der Waals surface area contributed by atoms with Gasteiger partial charge in [0.2, 0.25) is 10.0 Å². The van der Waals surface area contributed by atoms with E-state index < -0.39 is 48.3 Å². The van der Waals surface area contributed by atoms with Crippen LogP contribution in [0.15, 0.2) is 114 Å². The quantitative estimate of drug-likeness (QED) is 0.0908. The van der Waals surface area contributed by atoms with E-state index in [1.807, 2.05) is 80.6 Å². The van der Waals surface area contributed by atoms with Crippen molar-refractivity contribution < 1.29 is 50.9 Å². The molecule has 0 aromatic heterocycles. The van der Waals surface area contributed by atoms with Gasteiger partial charge in [0.1, 0.15) is 11.9 Å². The molecular formula is C43H50N3O11PS. The fourth-order valence-electron chi connectivity index (χ4n) is 6.75. The molecule has 6 rings (SSSR count). The summed E-state index contributed by atoms with van der Waals surface area (Å²) in [7, 11) is -7.88. The van der Waals surface area contributed by atoms with Gasteiger partial charge in [-0.2, -0.15) is 9.57 Å². The number of fused-ring (bicyclic) bond motifs is 1. The highest BCUT2D eigenvalue weighted by atomic mass is 32.2. The van der Waals surface area contributed by atoms with Gasteiger partial charge in [-0.25, -0.2) is 13.2 Å². The van der Waals surface area contributed by atoms with E-state index in [-0.39, 0.29) is 62.4 Å². The zero-order valence-corrected chi connectivity index (χ0v) is 34.7. The Hall–Kier alpha value is -4.62. The van der Waals surface area contributed by atoms with Crippen LogP contribution in [0.4, 0.5) is 4.79 Å². The largest absolute Gasteiger partial charge is 0.481 e. The van der Waals surface area contributed by atoms with Gasteiger partial charge in [-0.05, 0) is 71.8 Å². The van der Waals surface area contributed by atoms with Crippen molar-refractivity contribution >= 4 is 23.7 Å². The summed E-state index contributed by atoms with van der Waals surface area (Å²) in [6, 6.07) is 32.0. The van der Waals surface area contributed by atoms with E-state index in [0.717, 1.165) is 11.1 Å². The van der Waals surface area contributed by atoms with Crippen LogP contribution in [0.5, 0.6) is 5.75 Å². The molecule has 2 heterocycles. The molecule has 0 aliphatic carbocycles. The second kappa shape index (κ2) is 20.6. The van der Waals surface area contributed by atoms with Crippen LogP contribution in [-0.2, 0) is 57.5 Å². The Morgan fingerprint density at radius 1 is 0.898 bits per heavy atom. The van der Waals surface area contributed by atoms with E-state index in [1.165, 1.54) is 28.6 Å². The average Bonchev–Trinajstić information content (AvgIpc) is 3.87. The summed E-state index contributed by atoms with van der Waals surface area (Å²) in [6.07, 6.45) is -2.77. The third-order valence-corrected chi connectivity index (χ3v) is 13.2. The van der Waals surface area contributed by atoms with E-state index in [1.54, 1.807) is 24.3 Å². The number of hydrogen-bond acceptors (Lipinski definition) is 12. The fourth-order valence-corrected chi connectivity index (χ4v) is 9.60. The number of aliphatic hydroxyl groups excluding tert-OH is 1. The fraction of sp³-hybridized carbons (Fsp3) is 0.395. The first kappa shape index (κ1) is 43.9. The van der Waals surface area contributed by atoms with E-state index in [0.29, 0.717) is 29.9 Å². The van der Waals surface area contributed by atoms with Crippen LogP contribution in [0.3, 0.4) is 0 Å². The molecule has 314 valence electrons. The van der Waals surface area contributed by atoms with Crippen LogP contribution in [0.2, 0.25) is 0 Å². The third-order valence-electron chi connectivity index (χ3n) is 9.90. The van der Waals surface area contributed by atoms with Gasteiger partial charge in [-0.15, -0.1) is 0 Å². The average molecular weight is 848 g/mol. The van der Waals surface area contributed by atoms with Gasteiger partial charge in [0, 0.05) is 13.1 Å². The predicted octanol–water partition coefficient (Wildman–Crippen LogP) is 6.63. The van der Waals surface area contributed by atoms with Gasteiger partial charge in [-0.3, -0.25) is 4.57 Å². The molecule has 16 heteroatoms. The molecule has 0 bridgehead atoms. The summed E-state index contributed by atoms with van der Waals surface area (Å²) in [5.74, 6) is 0.154. The first-order chi connectivity index (χ1) is 28.4. The summed E-state index contributed by atoms with van der Waals surface area (Å²) < 4.78 is 77.4. The number of aliphatic hydroxyl groups is 1. The molecule has 14 nitrogen and oxygen atoms in total.